The largest absolute Gasteiger partial charge is 0.495 e. The van der Waals surface area contributed by atoms with Crippen LogP contribution in [-0.2, 0) is 27.4 Å². The second-order valence-electron chi connectivity index (χ2n) is 7.93. The zero-order valence-electron chi connectivity index (χ0n) is 20.3. The maximum atomic E-state index is 12.3. The summed E-state index contributed by atoms with van der Waals surface area (Å²) in [6.07, 6.45) is 2.86. The van der Waals surface area contributed by atoms with Gasteiger partial charge in [0, 0.05) is 23.5 Å². The van der Waals surface area contributed by atoms with E-state index in [1.807, 2.05) is 37.5 Å². The highest BCUT2D eigenvalue weighted by Crippen LogP contribution is 2.23. The van der Waals surface area contributed by atoms with Gasteiger partial charge in [0.05, 0.1) is 19.2 Å². The number of aromatic nitrogens is 4. The average molecular weight is 492 g/mol. The third-order valence-electron chi connectivity index (χ3n) is 5.26. The summed E-state index contributed by atoms with van der Waals surface area (Å²) in [6.45, 7) is 5.47. The highest BCUT2D eigenvalue weighted by molar-refractivity contribution is 5.93. The lowest BCUT2D eigenvalue weighted by molar-refractivity contribution is -0.139. The van der Waals surface area contributed by atoms with Crippen LogP contribution in [0.25, 0.3) is 11.9 Å². The van der Waals surface area contributed by atoms with Gasteiger partial charge in [-0.1, -0.05) is 22.4 Å². The third-order valence-corrected chi connectivity index (χ3v) is 5.26. The number of nitrogens with zero attached hydrogens (tertiary/aromatic N) is 4. The molecule has 1 N–H and O–H groups in total. The molecule has 1 aromatic carbocycles. The van der Waals surface area contributed by atoms with E-state index in [9.17, 15) is 9.59 Å². The highest BCUT2D eigenvalue weighted by atomic mass is 16.6. The van der Waals surface area contributed by atoms with Crippen molar-refractivity contribution in [1.29, 1.82) is 0 Å². The van der Waals surface area contributed by atoms with Gasteiger partial charge in [0.15, 0.2) is 18.2 Å². The Hall–Kier alpha value is -4.67. The van der Waals surface area contributed by atoms with Crippen molar-refractivity contribution < 1.29 is 28.1 Å². The number of amides is 1. The van der Waals surface area contributed by atoms with E-state index in [0.29, 0.717) is 23.0 Å². The summed E-state index contributed by atoms with van der Waals surface area (Å²) < 4.78 is 22.6. The van der Waals surface area contributed by atoms with E-state index in [1.54, 1.807) is 30.3 Å². The van der Waals surface area contributed by atoms with E-state index in [2.05, 4.69) is 20.6 Å². The smallest absolute Gasteiger partial charge is 0.331 e. The topological polar surface area (TPSA) is 135 Å². The molecule has 0 saturated heterocycles. The van der Waals surface area contributed by atoms with Gasteiger partial charge in [-0.25, -0.2) is 4.79 Å². The Balaban J connectivity index is 1.30. The molecular formula is C25H25N5O6. The van der Waals surface area contributed by atoms with Gasteiger partial charge in [-0.15, -0.1) is 0 Å². The molecule has 0 radical (unpaired) electrons. The lowest BCUT2D eigenvalue weighted by Crippen LogP contribution is -2.15. The van der Waals surface area contributed by atoms with Gasteiger partial charge >= 0.3 is 5.97 Å². The van der Waals surface area contributed by atoms with Gasteiger partial charge in [0.1, 0.15) is 11.5 Å². The molecule has 4 aromatic rings. The molecule has 36 heavy (non-hydrogen) atoms. The number of carbonyl (C=O) groups is 2. The maximum Gasteiger partial charge on any atom is 0.331 e. The van der Waals surface area contributed by atoms with E-state index >= 15 is 0 Å². The molecule has 0 saturated carbocycles. The molecule has 11 heteroatoms. The zero-order chi connectivity index (χ0) is 25.7. The van der Waals surface area contributed by atoms with Gasteiger partial charge in [-0.3, -0.25) is 9.36 Å². The van der Waals surface area contributed by atoms with Crippen LogP contribution in [-0.4, -0.2) is 38.9 Å². The lowest BCUT2D eigenvalue weighted by Gasteiger charge is -2.08. The van der Waals surface area contributed by atoms with E-state index in [-0.39, 0.29) is 30.7 Å². The number of benzene rings is 1. The van der Waals surface area contributed by atoms with Gasteiger partial charge in [0.25, 0.3) is 5.89 Å². The summed E-state index contributed by atoms with van der Waals surface area (Å²) in [7, 11) is 1.52. The number of esters is 1. The molecular weight excluding hydrogens is 466 g/mol. The van der Waals surface area contributed by atoms with Crippen molar-refractivity contribution >= 4 is 23.6 Å². The van der Waals surface area contributed by atoms with E-state index in [0.717, 1.165) is 17.0 Å². The Kier molecular flexibility index (Phi) is 7.28. The molecule has 3 aromatic heterocycles. The van der Waals surface area contributed by atoms with Gasteiger partial charge in [-0.05, 0) is 50.6 Å². The van der Waals surface area contributed by atoms with Crippen LogP contribution in [0.5, 0.6) is 5.75 Å². The zero-order valence-corrected chi connectivity index (χ0v) is 20.3. The van der Waals surface area contributed by atoms with Crippen molar-refractivity contribution in [2.24, 2.45) is 0 Å². The first-order valence-corrected chi connectivity index (χ1v) is 11.1. The van der Waals surface area contributed by atoms with Gasteiger partial charge < -0.3 is 23.8 Å². The number of hydrogen-bond acceptors (Lipinski definition) is 9. The highest BCUT2D eigenvalue weighted by Gasteiger charge is 2.15. The minimum atomic E-state index is -0.578. The van der Waals surface area contributed by atoms with Crippen LogP contribution in [0.4, 0.5) is 5.69 Å². The summed E-state index contributed by atoms with van der Waals surface area (Å²) >= 11 is 0. The number of methoxy groups -OCH3 is 1. The minimum absolute atomic E-state index is 0.0800. The number of ether oxygens (including phenoxy) is 2. The summed E-state index contributed by atoms with van der Waals surface area (Å²) in [5, 5.41) is 10.5. The second-order valence-corrected chi connectivity index (χ2v) is 7.93. The van der Waals surface area contributed by atoms with Gasteiger partial charge in [-0.2, -0.15) is 4.98 Å². The number of para-hydroxylation sites is 2. The predicted molar refractivity (Wildman–Crippen MR) is 128 cm³/mol. The van der Waals surface area contributed by atoms with Crippen molar-refractivity contribution in [2.45, 2.75) is 33.8 Å². The molecule has 0 unspecified atom stereocenters. The normalized spacial score (nSPS) is 11.1. The van der Waals surface area contributed by atoms with Gasteiger partial charge in [0.2, 0.25) is 5.91 Å². The first-order chi connectivity index (χ1) is 17.3. The monoisotopic (exact) mass is 491 g/mol. The standard InChI is InChI=1S/C25H25N5O6/c1-15-11-18(17(3)30(15)22-12-16(2)35-29-22)9-10-25(32)34-14-24-27-21(28-36-24)13-23(31)26-19-7-5-6-8-20(19)33-4/h5-12H,13-14H2,1-4H3,(H,26,31)/b10-9+. The molecule has 0 bridgehead atoms. The second kappa shape index (κ2) is 10.7. The van der Waals surface area contributed by atoms with E-state index in [1.165, 1.54) is 13.2 Å². The molecule has 3 heterocycles. The van der Waals surface area contributed by atoms with E-state index in [4.69, 9.17) is 18.5 Å². The number of anilines is 1. The molecule has 0 aliphatic heterocycles. The van der Waals surface area contributed by atoms with Crippen LogP contribution >= 0.6 is 0 Å². The Labute approximate surface area is 206 Å². The molecule has 0 fully saturated rings. The first kappa shape index (κ1) is 24.5. The summed E-state index contributed by atoms with van der Waals surface area (Å²) in [5.74, 6) is 1.24. The van der Waals surface area contributed by atoms with Crippen LogP contribution < -0.4 is 10.1 Å². The van der Waals surface area contributed by atoms with Crippen molar-refractivity contribution in [3.05, 3.63) is 76.9 Å². The Morgan fingerprint density at radius 1 is 1.11 bits per heavy atom. The molecule has 11 nitrogen and oxygen atoms in total. The predicted octanol–water partition coefficient (Wildman–Crippen LogP) is 3.72. The quantitative estimate of drug-likeness (QED) is 0.274. The maximum absolute atomic E-state index is 12.3. The third kappa shape index (κ3) is 5.69. The number of carbonyl (C=O) groups excluding carboxylic acids is 2. The Bertz CT molecular complexity index is 1410. The van der Waals surface area contributed by atoms with Crippen molar-refractivity contribution in [1.82, 2.24) is 19.9 Å². The molecule has 0 spiro atoms. The fourth-order valence-corrected chi connectivity index (χ4v) is 3.61. The van der Waals surface area contributed by atoms with Crippen LogP contribution in [0.1, 0.15) is 34.4 Å². The number of rotatable bonds is 9. The molecule has 0 aliphatic rings. The summed E-state index contributed by atoms with van der Waals surface area (Å²) in [5.41, 5.74) is 3.22. The Morgan fingerprint density at radius 2 is 1.92 bits per heavy atom. The molecule has 0 atom stereocenters. The van der Waals surface area contributed by atoms with Crippen LogP contribution in [0.2, 0.25) is 0 Å². The molecule has 1 amide bonds. The fraction of sp³-hybridized carbons (Fsp3) is 0.240. The van der Waals surface area contributed by atoms with Crippen LogP contribution in [0.15, 0.2) is 51.5 Å². The van der Waals surface area contributed by atoms with E-state index < -0.39 is 5.97 Å². The molecule has 4 rings (SSSR count). The van der Waals surface area contributed by atoms with Crippen molar-refractivity contribution in [3.63, 3.8) is 0 Å². The van der Waals surface area contributed by atoms with Crippen LogP contribution in [0.3, 0.4) is 0 Å². The molecule has 186 valence electrons. The fourth-order valence-electron chi connectivity index (χ4n) is 3.61. The molecule has 0 aliphatic carbocycles. The lowest BCUT2D eigenvalue weighted by atomic mass is 10.2. The SMILES string of the molecule is COc1ccccc1NC(=O)Cc1noc(COC(=O)/C=C/c2cc(C)n(-c3cc(C)on3)c2C)n1. The number of hydrogen-bond donors (Lipinski definition) is 1. The summed E-state index contributed by atoms with van der Waals surface area (Å²) in [4.78, 5) is 28.6. The number of aryl methyl sites for hydroxylation is 2. The van der Waals surface area contributed by atoms with Crippen molar-refractivity contribution in [3.8, 4) is 11.6 Å². The first-order valence-electron chi connectivity index (χ1n) is 11.1. The summed E-state index contributed by atoms with van der Waals surface area (Å²) in [6, 6.07) is 10.8. The van der Waals surface area contributed by atoms with Crippen molar-refractivity contribution in [2.75, 3.05) is 12.4 Å². The van der Waals surface area contributed by atoms with Crippen LogP contribution in [0, 0.1) is 20.8 Å². The number of nitrogens with one attached hydrogen (secondary N) is 1. The minimum Gasteiger partial charge on any atom is -0.495 e. The average Bonchev–Trinajstić information content (AvgIpc) is 3.55. The Morgan fingerprint density at radius 3 is 2.67 bits per heavy atom.